The third-order valence-corrected chi connectivity index (χ3v) is 5.29. The van der Waals surface area contributed by atoms with E-state index in [-0.39, 0.29) is 35.9 Å². The van der Waals surface area contributed by atoms with Crippen molar-refractivity contribution in [3.8, 4) is 0 Å². The lowest BCUT2D eigenvalue weighted by Crippen LogP contribution is -2.39. The molecule has 0 saturated carbocycles. The molecule has 0 heterocycles. The zero-order valence-corrected chi connectivity index (χ0v) is 22.3. The van der Waals surface area contributed by atoms with Crippen molar-refractivity contribution in [2.45, 2.75) is 32.7 Å². The quantitative estimate of drug-likeness (QED) is 0.240. The van der Waals surface area contributed by atoms with E-state index in [1.54, 1.807) is 7.05 Å². The number of hydrogen-bond donors (Lipinski definition) is 3. The number of guanidine groups is 1. The predicted molar refractivity (Wildman–Crippen MR) is 145 cm³/mol. The third kappa shape index (κ3) is 8.78. The van der Waals surface area contributed by atoms with E-state index in [0.717, 1.165) is 37.5 Å². The first kappa shape index (κ1) is 27.9. The molecule has 2 rings (SSSR count). The van der Waals surface area contributed by atoms with Gasteiger partial charge in [0.05, 0.1) is 12.6 Å². The number of amides is 1. The Labute approximate surface area is 210 Å². The molecule has 6 nitrogen and oxygen atoms in total. The lowest BCUT2D eigenvalue weighted by atomic mass is 10.0. The molecular weight excluding hydrogens is 513 g/mol. The first-order valence-electron chi connectivity index (χ1n) is 11.1. The molecule has 0 spiro atoms. The molecule has 1 atom stereocenters. The summed E-state index contributed by atoms with van der Waals surface area (Å²) in [7, 11) is 5.83. The third-order valence-electron chi connectivity index (χ3n) is 5.29. The van der Waals surface area contributed by atoms with Gasteiger partial charge in [-0.15, -0.1) is 24.0 Å². The van der Waals surface area contributed by atoms with E-state index in [0.29, 0.717) is 12.1 Å². The van der Waals surface area contributed by atoms with Crippen LogP contribution < -0.4 is 16.0 Å². The molecule has 2 aromatic rings. The van der Waals surface area contributed by atoms with Gasteiger partial charge in [-0.1, -0.05) is 43.3 Å². The van der Waals surface area contributed by atoms with Crippen LogP contribution in [0.25, 0.3) is 0 Å². The van der Waals surface area contributed by atoms with E-state index in [9.17, 15) is 4.79 Å². The monoisotopic (exact) mass is 551 g/mol. The molecule has 0 aromatic heterocycles. The Hall–Kier alpha value is -2.13. The highest BCUT2D eigenvalue weighted by Gasteiger charge is 2.14. The van der Waals surface area contributed by atoms with Gasteiger partial charge >= 0.3 is 0 Å². The first-order chi connectivity index (χ1) is 15.0. The molecule has 32 heavy (non-hydrogen) atoms. The Morgan fingerprint density at radius 2 is 1.75 bits per heavy atom. The molecule has 176 valence electrons. The molecule has 0 saturated heterocycles. The number of aliphatic imine (C=N–C) groups is 1. The highest BCUT2D eigenvalue weighted by atomic mass is 127. The lowest BCUT2D eigenvalue weighted by Gasteiger charge is -2.24. The number of halogens is 1. The number of hydrogen-bond acceptors (Lipinski definition) is 3. The molecule has 1 unspecified atom stereocenters. The number of carbonyl (C=O) groups is 1. The highest BCUT2D eigenvalue weighted by molar-refractivity contribution is 14.0. The maximum absolute atomic E-state index is 11.8. The number of likely N-dealkylation sites (N-methyl/N-ethyl adjacent to an activating group) is 1. The molecule has 0 aliphatic rings. The first-order valence-corrected chi connectivity index (χ1v) is 11.1. The highest BCUT2D eigenvalue weighted by Crippen LogP contribution is 2.19. The number of nitrogens with one attached hydrogen (secondary N) is 3. The van der Waals surface area contributed by atoms with Gasteiger partial charge in [-0.3, -0.25) is 9.79 Å². The van der Waals surface area contributed by atoms with Gasteiger partial charge in [0.2, 0.25) is 0 Å². The van der Waals surface area contributed by atoms with E-state index >= 15 is 0 Å². The Morgan fingerprint density at radius 3 is 2.34 bits per heavy atom. The summed E-state index contributed by atoms with van der Waals surface area (Å²) in [6.45, 7) is 6.44. The van der Waals surface area contributed by atoms with Gasteiger partial charge in [0.15, 0.2) is 5.96 Å². The smallest absolute Gasteiger partial charge is 0.251 e. The molecule has 0 radical (unpaired) electrons. The van der Waals surface area contributed by atoms with E-state index in [1.165, 1.54) is 11.1 Å². The molecule has 0 aliphatic carbocycles. The maximum Gasteiger partial charge on any atom is 0.251 e. The van der Waals surface area contributed by atoms with Gasteiger partial charge in [-0.2, -0.15) is 0 Å². The van der Waals surface area contributed by atoms with E-state index in [4.69, 9.17) is 4.99 Å². The second kappa shape index (κ2) is 14.8. The zero-order chi connectivity index (χ0) is 22.6. The zero-order valence-electron chi connectivity index (χ0n) is 19.9. The molecular formula is C25H38IN5O. The minimum atomic E-state index is -0.0635. The Kier molecular flexibility index (Phi) is 12.9. The summed E-state index contributed by atoms with van der Waals surface area (Å²) in [6.07, 6.45) is 1.86. The van der Waals surface area contributed by atoms with Crippen LogP contribution in [0.4, 0.5) is 0 Å². The van der Waals surface area contributed by atoms with Crippen molar-refractivity contribution in [3.63, 3.8) is 0 Å². The van der Waals surface area contributed by atoms with Gasteiger partial charge < -0.3 is 20.9 Å². The summed E-state index contributed by atoms with van der Waals surface area (Å²) in [5.41, 5.74) is 4.42. The van der Waals surface area contributed by atoms with Crippen LogP contribution in [0.15, 0.2) is 53.5 Å². The second-order valence-electron chi connectivity index (χ2n) is 7.75. The minimum Gasteiger partial charge on any atom is -0.357 e. The van der Waals surface area contributed by atoms with Crippen LogP contribution in [0.3, 0.4) is 0 Å². The van der Waals surface area contributed by atoms with Gasteiger partial charge in [-0.25, -0.2) is 0 Å². The second-order valence-corrected chi connectivity index (χ2v) is 7.75. The van der Waals surface area contributed by atoms with Gasteiger partial charge in [0.1, 0.15) is 0 Å². The molecule has 0 fully saturated rings. The van der Waals surface area contributed by atoms with Crippen LogP contribution >= 0.6 is 24.0 Å². The van der Waals surface area contributed by atoms with Crippen LogP contribution in [0.1, 0.15) is 46.9 Å². The topological polar surface area (TPSA) is 68.8 Å². The summed E-state index contributed by atoms with van der Waals surface area (Å²) in [5, 5.41) is 9.41. The molecule has 7 heteroatoms. The largest absolute Gasteiger partial charge is 0.357 e. The fourth-order valence-corrected chi connectivity index (χ4v) is 3.40. The summed E-state index contributed by atoms with van der Waals surface area (Å²) >= 11 is 0. The average molecular weight is 552 g/mol. The van der Waals surface area contributed by atoms with Crippen molar-refractivity contribution < 1.29 is 4.79 Å². The fraction of sp³-hybridized carbons (Fsp3) is 0.440. The number of aryl methyl sites for hydroxylation is 1. The summed E-state index contributed by atoms with van der Waals surface area (Å²) in [5.74, 6) is 0.744. The Balaban J connectivity index is 0.00000512. The van der Waals surface area contributed by atoms with E-state index in [1.807, 2.05) is 24.3 Å². The fourth-order valence-electron chi connectivity index (χ4n) is 3.40. The van der Waals surface area contributed by atoms with Crippen molar-refractivity contribution >= 4 is 35.8 Å². The molecule has 1 amide bonds. The van der Waals surface area contributed by atoms with Gasteiger partial charge in [0.25, 0.3) is 5.91 Å². The normalized spacial score (nSPS) is 12.1. The standard InChI is InChI=1S/C25H37N5O.HI/c1-6-19-11-13-21(14-12-19)23(30(4)5)18-29-25(27-7-2)28-16-15-20-9-8-10-22(17-20)24(31)26-3;/h8-14,17,23H,6-7,15-16,18H2,1-5H3,(H,26,31)(H2,27,28,29);1H. The van der Waals surface area contributed by atoms with Crippen molar-refractivity contribution in [2.24, 2.45) is 4.99 Å². The van der Waals surface area contributed by atoms with Crippen LogP contribution in [0.2, 0.25) is 0 Å². The van der Waals surface area contributed by atoms with Crippen LogP contribution in [0, 0.1) is 0 Å². The van der Waals surface area contributed by atoms with Crippen LogP contribution in [-0.4, -0.2) is 57.5 Å². The molecule has 0 bridgehead atoms. The minimum absolute atomic E-state index is 0. The number of nitrogens with zero attached hydrogens (tertiary/aromatic N) is 2. The predicted octanol–water partition coefficient (Wildman–Crippen LogP) is 3.63. The van der Waals surface area contributed by atoms with Crippen molar-refractivity contribution in [3.05, 3.63) is 70.8 Å². The SMILES string of the molecule is CCNC(=NCC(c1ccc(CC)cc1)N(C)C)NCCc1cccc(C(=O)NC)c1.I. The number of rotatable bonds is 10. The lowest BCUT2D eigenvalue weighted by molar-refractivity contribution is 0.0963. The van der Waals surface area contributed by atoms with Crippen molar-refractivity contribution in [1.29, 1.82) is 0 Å². The van der Waals surface area contributed by atoms with E-state index < -0.39 is 0 Å². The van der Waals surface area contributed by atoms with Gasteiger partial charge in [-0.05, 0) is 62.7 Å². The number of carbonyl (C=O) groups excluding carboxylic acids is 1. The van der Waals surface area contributed by atoms with Gasteiger partial charge in [0, 0.05) is 25.7 Å². The average Bonchev–Trinajstić information content (AvgIpc) is 2.79. The Morgan fingerprint density at radius 1 is 1.03 bits per heavy atom. The van der Waals surface area contributed by atoms with Crippen molar-refractivity contribution in [1.82, 2.24) is 20.9 Å². The Bertz CT molecular complexity index is 852. The summed E-state index contributed by atoms with van der Waals surface area (Å²) in [4.78, 5) is 18.9. The molecule has 3 N–H and O–H groups in total. The summed E-state index contributed by atoms with van der Waals surface area (Å²) in [6, 6.07) is 16.8. The van der Waals surface area contributed by atoms with Crippen molar-refractivity contribution in [2.75, 3.05) is 40.8 Å². The summed E-state index contributed by atoms with van der Waals surface area (Å²) < 4.78 is 0. The molecule has 2 aromatic carbocycles. The number of benzene rings is 2. The molecule has 0 aliphatic heterocycles. The van der Waals surface area contributed by atoms with E-state index in [2.05, 4.69) is 73.1 Å². The van der Waals surface area contributed by atoms with Crippen LogP contribution in [-0.2, 0) is 12.8 Å². The maximum atomic E-state index is 11.8. The van der Waals surface area contributed by atoms with Crippen LogP contribution in [0.5, 0.6) is 0 Å².